The summed E-state index contributed by atoms with van der Waals surface area (Å²) in [5, 5.41) is 2.72. The van der Waals surface area contributed by atoms with Gasteiger partial charge < -0.3 is 5.32 Å². The van der Waals surface area contributed by atoms with Gasteiger partial charge in [0, 0.05) is 12.7 Å². The van der Waals surface area contributed by atoms with Gasteiger partial charge in [-0.25, -0.2) is 0 Å². The summed E-state index contributed by atoms with van der Waals surface area (Å²) in [6.45, 7) is 6.90. The lowest BCUT2D eigenvalue weighted by Gasteiger charge is -1.87. The molecule has 0 aliphatic carbocycles. The molecule has 0 aromatic rings. The summed E-state index contributed by atoms with van der Waals surface area (Å²) in [6.07, 6.45) is 0. The van der Waals surface area contributed by atoms with E-state index in [2.05, 4.69) is 18.8 Å². The lowest BCUT2D eigenvalue weighted by atomic mass is 10.6. The fourth-order valence-corrected chi connectivity index (χ4v) is 0. The van der Waals surface area contributed by atoms with Crippen molar-refractivity contribution in [2.75, 3.05) is 7.05 Å². The second kappa shape index (κ2) is 1.82. The standard InChI is InChI=1S/C4H8N/c1-4(2)5-3/h5H,1-2H2,3H3. The van der Waals surface area contributed by atoms with E-state index in [4.69, 9.17) is 0 Å². The molecular weight excluding hydrogens is 62.1 g/mol. The first-order chi connectivity index (χ1) is 2.27. The lowest BCUT2D eigenvalue weighted by Crippen LogP contribution is -1.98. The molecule has 1 nitrogen and oxygen atoms in total. The van der Waals surface area contributed by atoms with E-state index < -0.39 is 0 Å². The predicted molar refractivity (Wildman–Crippen MR) is 23.6 cm³/mol. The molecule has 0 bridgehead atoms. The topological polar surface area (TPSA) is 12.0 Å². The average molecular weight is 70.1 g/mol. The Labute approximate surface area is 32.7 Å². The zero-order valence-electron chi connectivity index (χ0n) is 3.41. The van der Waals surface area contributed by atoms with Crippen LogP contribution in [0.5, 0.6) is 0 Å². The smallest absolute Gasteiger partial charge is 0.00349 e. The predicted octanol–water partition coefficient (Wildman–Crippen LogP) is 0.554. The minimum Gasteiger partial charge on any atom is -0.392 e. The number of rotatable bonds is 1. The highest BCUT2D eigenvalue weighted by Crippen LogP contribution is 1.66. The fourth-order valence-electron chi connectivity index (χ4n) is 0. The summed E-state index contributed by atoms with van der Waals surface area (Å²) in [6, 6.07) is 0. The van der Waals surface area contributed by atoms with Gasteiger partial charge >= 0.3 is 0 Å². The van der Waals surface area contributed by atoms with Gasteiger partial charge in [0.2, 0.25) is 0 Å². The SMILES string of the molecule is [CH2]C(=C)NC. The molecule has 0 spiro atoms. The molecule has 0 unspecified atom stereocenters. The zero-order valence-corrected chi connectivity index (χ0v) is 3.41. The third kappa shape index (κ3) is 3.54. The van der Waals surface area contributed by atoms with Crippen LogP contribution >= 0.6 is 0 Å². The molecule has 0 saturated carbocycles. The van der Waals surface area contributed by atoms with Gasteiger partial charge in [0.05, 0.1) is 0 Å². The van der Waals surface area contributed by atoms with Crippen molar-refractivity contribution in [3.8, 4) is 0 Å². The Bertz CT molecular complexity index is 38.9. The van der Waals surface area contributed by atoms with Crippen LogP contribution in [0.4, 0.5) is 0 Å². The molecule has 0 aromatic carbocycles. The zero-order chi connectivity index (χ0) is 4.28. The van der Waals surface area contributed by atoms with Crippen molar-refractivity contribution in [1.29, 1.82) is 0 Å². The molecule has 1 N–H and O–H groups in total. The summed E-state index contributed by atoms with van der Waals surface area (Å²) in [5.41, 5.74) is 0.755. The van der Waals surface area contributed by atoms with Gasteiger partial charge in [-0.15, -0.1) is 0 Å². The van der Waals surface area contributed by atoms with E-state index in [1.807, 2.05) is 0 Å². The normalized spacial score (nSPS) is 6.80. The second-order valence-electron chi connectivity index (χ2n) is 0.854. The van der Waals surface area contributed by atoms with Crippen LogP contribution in [-0.2, 0) is 0 Å². The molecule has 0 saturated heterocycles. The third-order valence-corrected chi connectivity index (χ3v) is 0.354. The number of hydrogen-bond donors (Lipinski definition) is 1. The second-order valence-corrected chi connectivity index (χ2v) is 0.854. The van der Waals surface area contributed by atoms with Gasteiger partial charge in [0.1, 0.15) is 0 Å². The van der Waals surface area contributed by atoms with E-state index in [1.165, 1.54) is 0 Å². The van der Waals surface area contributed by atoms with Crippen LogP contribution in [0.15, 0.2) is 12.3 Å². The number of allylic oxidation sites excluding steroid dienone is 1. The molecule has 1 radical (unpaired) electrons. The van der Waals surface area contributed by atoms with E-state index in [1.54, 1.807) is 7.05 Å². The van der Waals surface area contributed by atoms with E-state index in [-0.39, 0.29) is 0 Å². The first-order valence-corrected chi connectivity index (χ1v) is 1.46. The van der Waals surface area contributed by atoms with Crippen LogP contribution in [0, 0.1) is 6.92 Å². The van der Waals surface area contributed by atoms with Crippen molar-refractivity contribution in [1.82, 2.24) is 5.32 Å². The van der Waals surface area contributed by atoms with Crippen LogP contribution in [-0.4, -0.2) is 7.05 Å². The first kappa shape index (κ1) is 4.54. The Hall–Kier alpha value is -0.460. The third-order valence-electron chi connectivity index (χ3n) is 0.354. The summed E-state index contributed by atoms with van der Waals surface area (Å²) in [4.78, 5) is 0. The van der Waals surface area contributed by atoms with Crippen molar-refractivity contribution in [2.45, 2.75) is 0 Å². The maximum absolute atomic E-state index is 3.45. The molecule has 1 heteroatoms. The fraction of sp³-hybridized carbons (Fsp3) is 0.250. The summed E-state index contributed by atoms with van der Waals surface area (Å²) in [5.74, 6) is 0. The Morgan fingerprint density at radius 2 is 2.00 bits per heavy atom. The van der Waals surface area contributed by atoms with Crippen LogP contribution in [0.1, 0.15) is 0 Å². The van der Waals surface area contributed by atoms with Crippen LogP contribution in [0.3, 0.4) is 0 Å². The van der Waals surface area contributed by atoms with Gasteiger partial charge in [0.25, 0.3) is 0 Å². The first-order valence-electron chi connectivity index (χ1n) is 1.46. The minimum atomic E-state index is 0.755. The molecule has 5 heavy (non-hydrogen) atoms. The largest absolute Gasteiger partial charge is 0.392 e. The number of hydrogen-bond acceptors (Lipinski definition) is 1. The van der Waals surface area contributed by atoms with Crippen LogP contribution in [0.2, 0.25) is 0 Å². The quantitative estimate of drug-likeness (QED) is 0.475. The molecule has 29 valence electrons. The molecule has 0 amide bonds. The molecule has 0 atom stereocenters. The minimum absolute atomic E-state index is 0.755. The number of nitrogens with one attached hydrogen (secondary N) is 1. The van der Waals surface area contributed by atoms with Crippen molar-refractivity contribution in [3.63, 3.8) is 0 Å². The summed E-state index contributed by atoms with van der Waals surface area (Å²) in [7, 11) is 1.79. The highest BCUT2D eigenvalue weighted by Gasteiger charge is 1.63. The lowest BCUT2D eigenvalue weighted by molar-refractivity contribution is 1.04. The van der Waals surface area contributed by atoms with Crippen molar-refractivity contribution in [3.05, 3.63) is 19.2 Å². The summed E-state index contributed by atoms with van der Waals surface area (Å²) >= 11 is 0. The Morgan fingerprint density at radius 3 is 2.00 bits per heavy atom. The maximum atomic E-state index is 3.45. The van der Waals surface area contributed by atoms with E-state index >= 15 is 0 Å². The molecular formula is C4H8N. The maximum Gasteiger partial charge on any atom is 0.00349 e. The molecule has 0 aromatic heterocycles. The highest BCUT2D eigenvalue weighted by atomic mass is 14.8. The van der Waals surface area contributed by atoms with E-state index in [0.717, 1.165) is 5.70 Å². The van der Waals surface area contributed by atoms with Gasteiger partial charge in [0.15, 0.2) is 0 Å². The Morgan fingerprint density at radius 1 is 1.80 bits per heavy atom. The van der Waals surface area contributed by atoms with Crippen molar-refractivity contribution < 1.29 is 0 Å². The Balaban J connectivity index is 2.85. The van der Waals surface area contributed by atoms with Crippen molar-refractivity contribution >= 4 is 0 Å². The van der Waals surface area contributed by atoms with E-state index in [0.29, 0.717) is 0 Å². The molecule has 0 rings (SSSR count). The van der Waals surface area contributed by atoms with E-state index in [9.17, 15) is 0 Å². The van der Waals surface area contributed by atoms with Gasteiger partial charge in [-0.05, 0) is 6.92 Å². The molecule has 0 heterocycles. The summed E-state index contributed by atoms with van der Waals surface area (Å²) < 4.78 is 0. The molecule has 0 fully saturated rings. The Kier molecular flexibility index (Phi) is 1.65. The van der Waals surface area contributed by atoms with Crippen LogP contribution in [0.25, 0.3) is 0 Å². The average Bonchev–Trinajstić information content (AvgIpc) is 1.38. The van der Waals surface area contributed by atoms with Gasteiger partial charge in [-0.3, -0.25) is 0 Å². The highest BCUT2D eigenvalue weighted by molar-refractivity contribution is 4.91. The molecule has 0 aliphatic heterocycles. The molecule has 0 aliphatic rings. The monoisotopic (exact) mass is 70.1 g/mol. The van der Waals surface area contributed by atoms with Gasteiger partial charge in [-0.2, -0.15) is 0 Å². The van der Waals surface area contributed by atoms with Gasteiger partial charge in [-0.1, -0.05) is 6.58 Å². The van der Waals surface area contributed by atoms with Crippen molar-refractivity contribution in [2.24, 2.45) is 0 Å². The van der Waals surface area contributed by atoms with Crippen LogP contribution < -0.4 is 5.32 Å².